The molecule has 35 heavy (non-hydrogen) atoms. The van der Waals surface area contributed by atoms with E-state index in [2.05, 4.69) is 37.0 Å². The molecule has 0 bridgehead atoms. The molecule has 0 saturated heterocycles. The second kappa shape index (κ2) is 11.2. The smallest absolute Gasteiger partial charge is 0.282 e. The van der Waals surface area contributed by atoms with E-state index in [0.717, 1.165) is 16.5 Å². The average Bonchev–Trinajstić information content (AvgIpc) is 2.83. The Kier molecular flexibility index (Phi) is 8.32. The standard InChI is InChI=1S/C26H21Br2Cl2N3O2/c1-3-15(2)25-32-23-9-8-18(27)11-20(23)26(34)33(25)31-13-17-10-19(29)12-21(28)24(17)35-14-16-6-4-5-7-22(16)30/h4-13,15H,3,14H2,1-2H3/t15-/m0/s1. The number of halogens is 4. The molecule has 9 heteroatoms. The third kappa shape index (κ3) is 5.80. The molecule has 5 nitrogen and oxygen atoms in total. The maximum absolute atomic E-state index is 13.4. The lowest BCUT2D eigenvalue weighted by molar-refractivity contribution is 0.304. The van der Waals surface area contributed by atoms with Crippen LogP contribution < -0.4 is 10.3 Å². The minimum atomic E-state index is -0.248. The van der Waals surface area contributed by atoms with E-state index in [9.17, 15) is 4.79 Å². The molecular weight excluding hydrogens is 617 g/mol. The highest BCUT2D eigenvalue weighted by Crippen LogP contribution is 2.33. The summed E-state index contributed by atoms with van der Waals surface area (Å²) in [5, 5.41) is 6.15. The van der Waals surface area contributed by atoms with E-state index in [1.165, 1.54) is 4.68 Å². The van der Waals surface area contributed by atoms with Gasteiger partial charge in [0.25, 0.3) is 5.56 Å². The Balaban J connectivity index is 1.79. The zero-order chi connectivity index (χ0) is 25.1. The lowest BCUT2D eigenvalue weighted by Gasteiger charge is -2.15. The number of ether oxygens (including phenoxy) is 1. The van der Waals surface area contributed by atoms with Gasteiger partial charge in [-0.3, -0.25) is 4.79 Å². The molecule has 180 valence electrons. The van der Waals surface area contributed by atoms with E-state index in [1.54, 1.807) is 24.4 Å². The number of fused-ring (bicyclic) bond motifs is 1. The molecule has 0 saturated carbocycles. The van der Waals surface area contributed by atoms with Crippen molar-refractivity contribution in [3.8, 4) is 5.75 Å². The molecule has 0 N–H and O–H groups in total. The van der Waals surface area contributed by atoms with Crippen LogP contribution in [0.25, 0.3) is 10.9 Å². The summed E-state index contributed by atoms with van der Waals surface area (Å²) in [6.07, 6.45) is 2.37. The first-order valence-corrected chi connectivity index (χ1v) is 13.2. The van der Waals surface area contributed by atoms with E-state index in [0.29, 0.717) is 42.6 Å². The van der Waals surface area contributed by atoms with Gasteiger partial charge in [-0.05, 0) is 58.7 Å². The van der Waals surface area contributed by atoms with Crippen LogP contribution in [0, 0.1) is 0 Å². The topological polar surface area (TPSA) is 56.5 Å². The van der Waals surface area contributed by atoms with Gasteiger partial charge in [0, 0.05) is 31.6 Å². The summed E-state index contributed by atoms with van der Waals surface area (Å²) in [6, 6.07) is 16.4. The molecule has 1 atom stereocenters. The maximum atomic E-state index is 13.4. The number of hydrogen-bond acceptors (Lipinski definition) is 4. The van der Waals surface area contributed by atoms with Crippen LogP contribution in [0.2, 0.25) is 10.0 Å². The van der Waals surface area contributed by atoms with Crippen molar-refractivity contribution in [3.05, 3.63) is 101 Å². The van der Waals surface area contributed by atoms with Crippen LogP contribution in [0.4, 0.5) is 0 Å². The fourth-order valence-electron chi connectivity index (χ4n) is 3.49. The monoisotopic (exact) mass is 635 g/mol. The number of aromatic nitrogens is 2. The zero-order valence-corrected chi connectivity index (χ0v) is 23.6. The summed E-state index contributed by atoms with van der Waals surface area (Å²) in [5.41, 5.74) is 1.84. The molecule has 0 aliphatic rings. The Morgan fingerprint density at radius 3 is 2.66 bits per heavy atom. The lowest BCUT2D eigenvalue weighted by Crippen LogP contribution is -2.23. The largest absolute Gasteiger partial charge is 0.487 e. The highest BCUT2D eigenvalue weighted by atomic mass is 79.9. The van der Waals surface area contributed by atoms with Gasteiger partial charge in [0.05, 0.1) is 21.6 Å². The van der Waals surface area contributed by atoms with Crippen molar-refractivity contribution in [3.63, 3.8) is 0 Å². The molecule has 4 aromatic rings. The molecule has 4 rings (SSSR count). The summed E-state index contributed by atoms with van der Waals surface area (Å²) in [4.78, 5) is 18.2. The number of rotatable bonds is 7. The van der Waals surface area contributed by atoms with Crippen LogP contribution in [-0.2, 0) is 6.61 Å². The Morgan fingerprint density at radius 2 is 1.91 bits per heavy atom. The summed E-state index contributed by atoms with van der Waals surface area (Å²) < 4.78 is 8.92. The SMILES string of the molecule is CC[C@H](C)c1nc2ccc(Br)cc2c(=O)n1N=Cc1cc(Cl)cc(Br)c1OCc1ccccc1Cl. The first kappa shape index (κ1) is 25.9. The molecule has 0 spiro atoms. The van der Waals surface area contributed by atoms with Gasteiger partial charge in [0.2, 0.25) is 0 Å². The first-order valence-electron chi connectivity index (χ1n) is 10.9. The van der Waals surface area contributed by atoms with Gasteiger partial charge in [-0.15, -0.1) is 0 Å². The van der Waals surface area contributed by atoms with Crippen LogP contribution in [0.5, 0.6) is 5.75 Å². The number of nitrogens with zero attached hydrogens (tertiary/aromatic N) is 3. The molecular formula is C26H21Br2Cl2N3O2. The zero-order valence-electron chi connectivity index (χ0n) is 18.9. The summed E-state index contributed by atoms with van der Waals surface area (Å²) in [6.45, 7) is 4.32. The van der Waals surface area contributed by atoms with E-state index < -0.39 is 0 Å². The Morgan fingerprint density at radius 1 is 1.14 bits per heavy atom. The number of hydrogen-bond donors (Lipinski definition) is 0. The third-order valence-corrected chi connectivity index (χ3v) is 7.24. The summed E-state index contributed by atoms with van der Waals surface area (Å²) >= 11 is 19.6. The molecule has 1 heterocycles. The van der Waals surface area contributed by atoms with Gasteiger partial charge < -0.3 is 4.74 Å². The predicted octanol–water partition coefficient (Wildman–Crippen LogP) is 8.20. The molecule has 0 fully saturated rings. The van der Waals surface area contributed by atoms with Crippen LogP contribution in [0.3, 0.4) is 0 Å². The van der Waals surface area contributed by atoms with Crippen molar-refractivity contribution in [1.29, 1.82) is 0 Å². The van der Waals surface area contributed by atoms with Crippen molar-refractivity contribution in [2.45, 2.75) is 32.8 Å². The van der Waals surface area contributed by atoms with E-state index >= 15 is 0 Å². The molecule has 3 aromatic carbocycles. The van der Waals surface area contributed by atoms with Crippen LogP contribution in [0.1, 0.15) is 43.1 Å². The maximum Gasteiger partial charge on any atom is 0.282 e. The molecule has 0 aliphatic carbocycles. The van der Waals surface area contributed by atoms with Crippen molar-refractivity contribution >= 4 is 72.2 Å². The minimum absolute atomic E-state index is 0.0231. The summed E-state index contributed by atoms with van der Waals surface area (Å²) in [5.74, 6) is 1.14. The second-order valence-electron chi connectivity index (χ2n) is 7.99. The van der Waals surface area contributed by atoms with Crippen LogP contribution in [0.15, 0.2) is 73.4 Å². The van der Waals surface area contributed by atoms with Gasteiger partial charge in [0.15, 0.2) is 0 Å². The van der Waals surface area contributed by atoms with Crippen molar-refractivity contribution in [2.24, 2.45) is 5.10 Å². The Hall–Kier alpha value is -2.19. The van der Waals surface area contributed by atoms with E-state index in [4.69, 9.17) is 32.9 Å². The highest BCUT2D eigenvalue weighted by Gasteiger charge is 2.16. The Labute approximate surface area is 230 Å². The molecule has 1 aromatic heterocycles. The molecule has 0 radical (unpaired) electrons. The average molecular weight is 638 g/mol. The second-order valence-corrected chi connectivity index (χ2v) is 10.6. The van der Waals surface area contributed by atoms with Gasteiger partial charge in [-0.1, -0.05) is 71.2 Å². The van der Waals surface area contributed by atoms with E-state index in [1.807, 2.05) is 50.2 Å². The van der Waals surface area contributed by atoms with Crippen molar-refractivity contribution in [1.82, 2.24) is 9.66 Å². The van der Waals surface area contributed by atoms with Gasteiger partial charge in [-0.2, -0.15) is 9.78 Å². The minimum Gasteiger partial charge on any atom is -0.487 e. The molecule has 0 amide bonds. The fraction of sp³-hybridized carbons (Fsp3) is 0.192. The van der Waals surface area contributed by atoms with Crippen LogP contribution >= 0.6 is 55.1 Å². The first-order chi connectivity index (χ1) is 16.8. The normalized spacial score (nSPS) is 12.4. The molecule has 0 aliphatic heterocycles. The van der Waals surface area contributed by atoms with Crippen molar-refractivity contribution in [2.75, 3.05) is 0 Å². The predicted molar refractivity (Wildman–Crippen MR) is 150 cm³/mol. The van der Waals surface area contributed by atoms with Gasteiger partial charge in [0.1, 0.15) is 18.2 Å². The van der Waals surface area contributed by atoms with Gasteiger partial charge in [-0.25, -0.2) is 4.98 Å². The van der Waals surface area contributed by atoms with Crippen molar-refractivity contribution < 1.29 is 4.74 Å². The van der Waals surface area contributed by atoms with E-state index in [-0.39, 0.29) is 18.1 Å². The van der Waals surface area contributed by atoms with Gasteiger partial charge >= 0.3 is 0 Å². The third-order valence-electron chi connectivity index (χ3n) is 5.57. The highest BCUT2D eigenvalue weighted by molar-refractivity contribution is 9.10. The fourth-order valence-corrected chi connectivity index (χ4v) is 4.99. The number of benzene rings is 3. The molecule has 0 unspecified atom stereocenters. The lowest BCUT2D eigenvalue weighted by atomic mass is 10.1. The Bertz CT molecular complexity index is 1490. The summed E-state index contributed by atoms with van der Waals surface area (Å²) in [7, 11) is 0. The van der Waals surface area contributed by atoms with Crippen LogP contribution in [-0.4, -0.2) is 15.9 Å². The quantitative estimate of drug-likeness (QED) is 0.192.